The molecule has 0 bridgehead atoms. The summed E-state index contributed by atoms with van der Waals surface area (Å²) >= 11 is 0. The molecule has 15 N–H and O–H groups in total. The van der Waals surface area contributed by atoms with E-state index in [0.717, 1.165) is 16.5 Å². The second-order valence-electron chi connectivity index (χ2n) is 15.1. The Morgan fingerprint density at radius 1 is 0.525 bits per heavy atom. The van der Waals surface area contributed by atoms with Crippen LogP contribution in [-0.4, -0.2) is 120 Å². The summed E-state index contributed by atoms with van der Waals surface area (Å²) in [4.78, 5) is 118. The zero-order valence-corrected chi connectivity index (χ0v) is 35.8. The topological polar surface area (TPSA) is 344 Å². The van der Waals surface area contributed by atoms with Gasteiger partial charge in [0, 0.05) is 30.4 Å². The first-order valence-corrected chi connectivity index (χ1v) is 20.4. The van der Waals surface area contributed by atoms with Gasteiger partial charge in [0.05, 0.1) is 0 Å². The van der Waals surface area contributed by atoms with Crippen LogP contribution in [0.5, 0.6) is 0 Å². The number of rotatable bonds is 26. The molecule has 9 amide bonds. The fraction of sp³-hybridized carbons (Fsp3) is 0.575. The molecule has 1 heterocycles. The van der Waals surface area contributed by atoms with Gasteiger partial charge in [-0.1, -0.05) is 18.2 Å². The maximum atomic E-state index is 13.6. The molecule has 1 aromatic heterocycles. The van der Waals surface area contributed by atoms with Gasteiger partial charge in [0.2, 0.25) is 53.2 Å². The number of para-hydroxylation sites is 1. The number of carbonyl (C=O) groups is 9. The molecule has 0 radical (unpaired) electrons. The molecular weight excluding hydrogens is 793 g/mol. The average molecular weight is 857 g/mol. The third-order valence-electron chi connectivity index (χ3n) is 9.74. The molecule has 0 fully saturated rings. The minimum atomic E-state index is -1.18. The maximum Gasteiger partial charge on any atom is 0.243 e. The number of H-pyrrole nitrogens is 1. The summed E-state index contributed by atoms with van der Waals surface area (Å²) in [5, 5.41) is 21.1. The number of aromatic amines is 1. The monoisotopic (exact) mass is 856 g/mol. The SMILES string of the molecule is CC(=O)N[C@@H](Cc1c[nH]c2ccccc12)C(=O)N[C@@H](CCCCN)C(=O)N[C@@H](C)C(=O)N[C@@H](C)C(=O)N[C@@H](C)C(=O)N[C@@H](C)C(=O)N[C@@H](C)C(=O)N[C@@H](CCCCN)C(N)=O. The number of hydrogen-bond donors (Lipinski definition) is 12. The van der Waals surface area contributed by atoms with E-state index in [-0.39, 0.29) is 19.3 Å². The second-order valence-corrected chi connectivity index (χ2v) is 15.1. The smallest absolute Gasteiger partial charge is 0.243 e. The number of aromatic nitrogens is 1. The molecule has 2 rings (SSSR count). The molecular formula is C40H64N12O9. The van der Waals surface area contributed by atoms with Gasteiger partial charge >= 0.3 is 0 Å². The summed E-state index contributed by atoms with van der Waals surface area (Å²) in [6.45, 7) is 8.91. The van der Waals surface area contributed by atoms with Crippen LogP contribution in [-0.2, 0) is 49.6 Å². The Hall–Kier alpha value is -6.09. The zero-order valence-electron chi connectivity index (χ0n) is 35.8. The molecule has 8 atom stereocenters. The molecule has 0 aliphatic carbocycles. The van der Waals surface area contributed by atoms with Crippen molar-refractivity contribution in [1.82, 2.24) is 47.5 Å². The van der Waals surface area contributed by atoms with Crippen molar-refractivity contribution in [2.45, 2.75) is 135 Å². The summed E-state index contributed by atoms with van der Waals surface area (Å²) in [5.74, 6) is -6.07. The summed E-state index contributed by atoms with van der Waals surface area (Å²) in [6.07, 6.45) is 4.58. The molecule has 61 heavy (non-hydrogen) atoms. The van der Waals surface area contributed by atoms with E-state index in [2.05, 4.69) is 47.5 Å². The molecule has 0 unspecified atom stereocenters. The van der Waals surface area contributed by atoms with E-state index >= 15 is 0 Å². The zero-order chi connectivity index (χ0) is 45.8. The largest absolute Gasteiger partial charge is 0.368 e. The maximum absolute atomic E-state index is 13.6. The quantitative estimate of drug-likeness (QED) is 0.0437. The van der Waals surface area contributed by atoms with Crippen LogP contribution >= 0.6 is 0 Å². The molecule has 0 aliphatic heterocycles. The van der Waals surface area contributed by atoms with Crippen LogP contribution in [0.1, 0.15) is 85.6 Å². The van der Waals surface area contributed by atoms with E-state index in [0.29, 0.717) is 38.8 Å². The van der Waals surface area contributed by atoms with E-state index < -0.39 is 101 Å². The molecule has 338 valence electrons. The van der Waals surface area contributed by atoms with Crippen molar-refractivity contribution >= 4 is 64.1 Å². The van der Waals surface area contributed by atoms with Crippen molar-refractivity contribution in [2.24, 2.45) is 17.2 Å². The van der Waals surface area contributed by atoms with Gasteiger partial charge in [0.15, 0.2) is 0 Å². The molecule has 0 aliphatic rings. The fourth-order valence-corrected chi connectivity index (χ4v) is 6.08. The number of benzene rings is 1. The minimum absolute atomic E-state index is 0.136. The number of unbranched alkanes of at least 4 members (excludes halogenated alkanes) is 2. The first-order valence-electron chi connectivity index (χ1n) is 20.4. The number of nitrogens with one attached hydrogen (secondary N) is 9. The van der Waals surface area contributed by atoms with Crippen molar-refractivity contribution in [1.29, 1.82) is 0 Å². The highest BCUT2D eigenvalue weighted by atomic mass is 16.2. The Morgan fingerprint density at radius 3 is 1.36 bits per heavy atom. The lowest BCUT2D eigenvalue weighted by atomic mass is 10.0. The van der Waals surface area contributed by atoms with Crippen LogP contribution in [0.25, 0.3) is 10.9 Å². The highest BCUT2D eigenvalue weighted by Gasteiger charge is 2.31. The third-order valence-corrected chi connectivity index (χ3v) is 9.74. The fourth-order valence-electron chi connectivity index (χ4n) is 6.08. The van der Waals surface area contributed by atoms with E-state index in [1.807, 2.05) is 24.3 Å². The summed E-state index contributed by atoms with van der Waals surface area (Å²) in [5.41, 5.74) is 18.1. The first kappa shape index (κ1) is 51.1. The van der Waals surface area contributed by atoms with Crippen molar-refractivity contribution in [3.05, 3.63) is 36.0 Å². The number of hydrogen-bond acceptors (Lipinski definition) is 11. The van der Waals surface area contributed by atoms with Gasteiger partial charge in [0.25, 0.3) is 0 Å². The lowest BCUT2D eigenvalue weighted by molar-refractivity contribution is -0.135. The van der Waals surface area contributed by atoms with Gasteiger partial charge in [0.1, 0.15) is 48.3 Å². The van der Waals surface area contributed by atoms with Gasteiger partial charge in [-0.3, -0.25) is 43.2 Å². The molecule has 1 aromatic carbocycles. The molecule has 0 saturated carbocycles. The van der Waals surface area contributed by atoms with Gasteiger partial charge in [-0.25, -0.2) is 0 Å². The predicted molar refractivity (Wildman–Crippen MR) is 226 cm³/mol. The van der Waals surface area contributed by atoms with Crippen LogP contribution < -0.4 is 59.7 Å². The summed E-state index contributed by atoms with van der Waals surface area (Å²) in [6, 6.07) is -1.31. The van der Waals surface area contributed by atoms with Crippen molar-refractivity contribution in [3.63, 3.8) is 0 Å². The third kappa shape index (κ3) is 17.2. The Bertz CT molecular complexity index is 1850. The normalized spacial score (nSPS) is 15.0. The molecule has 2 aromatic rings. The number of amides is 9. The molecule has 21 nitrogen and oxygen atoms in total. The number of carbonyl (C=O) groups excluding carboxylic acids is 9. The van der Waals surface area contributed by atoms with Gasteiger partial charge in [-0.15, -0.1) is 0 Å². The second kappa shape index (κ2) is 25.5. The van der Waals surface area contributed by atoms with Gasteiger partial charge in [-0.2, -0.15) is 0 Å². The summed E-state index contributed by atoms with van der Waals surface area (Å²) in [7, 11) is 0. The van der Waals surface area contributed by atoms with E-state index in [4.69, 9.17) is 17.2 Å². The highest BCUT2D eigenvalue weighted by Crippen LogP contribution is 2.19. The lowest BCUT2D eigenvalue weighted by Gasteiger charge is -2.25. The first-order chi connectivity index (χ1) is 28.8. The predicted octanol–water partition coefficient (Wildman–Crippen LogP) is -2.55. The molecule has 0 spiro atoms. The number of nitrogens with two attached hydrogens (primary N) is 3. The van der Waals surface area contributed by atoms with E-state index in [9.17, 15) is 43.2 Å². The van der Waals surface area contributed by atoms with Crippen molar-refractivity contribution in [2.75, 3.05) is 13.1 Å². The van der Waals surface area contributed by atoms with Crippen LogP contribution in [0.3, 0.4) is 0 Å². The lowest BCUT2D eigenvalue weighted by Crippen LogP contribution is -2.58. The number of fused-ring (bicyclic) bond motifs is 1. The molecule has 21 heteroatoms. The number of primary amides is 1. The van der Waals surface area contributed by atoms with Crippen LogP contribution in [0, 0.1) is 0 Å². The standard InChI is InChI=1S/C40H64N12O9/c1-21(34(55)46-23(3)36(57)48-25(5)38(59)51-30(33(43)54)15-9-11-17-41)45-35(56)22(2)47-37(58)24(4)49-39(60)31(16-10-12-18-42)52-40(61)32(50-26(6)53)19-27-20-44-29-14-8-7-13-28(27)29/h7-8,13-14,20-25,30-32,44H,9-12,15-19,41-42H2,1-6H3,(H2,43,54)(H,45,56)(H,46,55)(H,47,58)(H,48,57)(H,49,60)(H,50,53)(H,51,59)(H,52,61)/t21-,22-,23-,24-,25-,30-,31-,32-/m0/s1. The minimum Gasteiger partial charge on any atom is -0.368 e. The Morgan fingerprint density at radius 2 is 0.918 bits per heavy atom. The van der Waals surface area contributed by atoms with Crippen molar-refractivity contribution in [3.8, 4) is 0 Å². The summed E-state index contributed by atoms with van der Waals surface area (Å²) < 4.78 is 0. The average Bonchev–Trinajstić information content (AvgIpc) is 3.61. The van der Waals surface area contributed by atoms with Gasteiger partial charge < -0.3 is 64.7 Å². The Labute approximate surface area is 355 Å². The van der Waals surface area contributed by atoms with E-state index in [1.165, 1.54) is 41.5 Å². The van der Waals surface area contributed by atoms with Crippen LogP contribution in [0.15, 0.2) is 30.5 Å². The Balaban J connectivity index is 1.94. The van der Waals surface area contributed by atoms with E-state index in [1.54, 1.807) is 6.20 Å². The molecule has 0 saturated heterocycles. The van der Waals surface area contributed by atoms with Gasteiger partial charge in [-0.05, 0) is 97.9 Å². The van der Waals surface area contributed by atoms with Crippen LogP contribution in [0.4, 0.5) is 0 Å². The highest BCUT2D eigenvalue weighted by molar-refractivity contribution is 5.97. The van der Waals surface area contributed by atoms with Crippen molar-refractivity contribution < 1.29 is 43.2 Å². The Kier molecular flexibility index (Phi) is 21.4. The van der Waals surface area contributed by atoms with Crippen LogP contribution in [0.2, 0.25) is 0 Å².